The van der Waals surface area contributed by atoms with Crippen LogP contribution in [0.5, 0.6) is 0 Å². The lowest BCUT2D eigenvalue weighted by atomic mass is 9.99. The largest absolute Gasteiger partial charge is 0.383 e. The van der Waals surface area contributed by atoms with Gasteiger partial charge in [0.05, 0.1) is 6.61 Å². The number of benzene rings is 2. The summed E-state index contributed by atoms with van der Waals surface area (Å²) >= 11 is 5.75. The molecule has 0 saturated heterocycles. The summed E-state index contributed by atoms with van der Waals surface area (Å²) in [4.78, 5) is 4.72. The minimum atomic E-state index is 0.644. The average molecular weight is 412 g/mol. The van der Waals surface area contributed by atoms with Gasteiger partial charge in [0, 0.05) is 44.7 Å². The van der Waals surface area contributed by atoms with Gasteiger partial charge in [-0.3, -0.25) is 0 Å². The first-order chi connectivity index (χ1) is 14.1. The average Bonchev–Trinajstić information content (AvgIpc) is 2.73. The minimum Gasteiger partial charge on any atom is -0.383 e. The molecule has 29 heavy (non-hydrogen) atoms. The van der Waals surface area contributed by atoms with E-state index in [0.29, 0.717) is 6.61 Å². The van der Waals surface area contributed by atoms with Crippen molar-refractivity contribution in [2.45, 2.75) is 39.7 Å². The van der Waals surface area contributed by atoms with Crippen LogP contribution >= 0.6 is 12.2 Å². The number of hydrogen-bond acceptors (Lipinski definition) is 3. The number of nitrogens with one attached hydrogen (secondary N) is 1. The van der Waals surface area contributed by atoms with Gasteiger partial charge in [-0.15, -0.1) is 0 Å². The third-order valence-corrected chi connectivity index (χ3v) is 5.83. The Bertz CT molecular complexity index is 824. The SMILES string of the molecule is CCCN1CCCc2cc(CN(CCOC)C(=S)Nc3ccccc3C)ccc21. The van der Waals surface area contributed by atoms with Crippen molar-refractivity contribution >= 4 is 28.7 Å². The summed E-state index contributed by atoms with van der Waals surface area (Å²) in [5.74, 6) is 0. The summed E-state index contributed by atoms with van der Waals surface area (Å²) in [6.07, 6.45) is 3.58. The highest BCUT2D eigenvalue weighted by Gasteiger charge is 2.18. The van der Waals surface area contributed by atoms with Crippen LogP contribution in [0.15, 0.2) is 42.5 Å². The van der Waals surface area contributed by atoms with Crippen LogP contribution in [0.25, 0.3) is 0 Å². The maximum Gasteiger partial charge on any atom is 0.173 e. The molecule has 0 amide bonds. The van der Waals surface area contributed by atoms with Crippen molar-refractivity contribution in [1.82, 2.24) is 4.90 Å². The van der Waals surface area contributed by atoms with Gasteiger partial charge in [0.15, 0.2) is 5.11 Å². The zero-order valence-electron chi connectivity index (χ0n) is 17.9. The number of fused-ring (bicyclic) bond motifs is 1. The number of hydrogen-bond donors (Lipinski definition) is 1. The first kappa shape index (κ1) is 21.6. The Balaban J connectivity index is 1.74. The van der Waals surface area contributed by atoms with E-state index in [1.165, 1.54) is 41.8 Å². The third kappa shape index (κ3) is 5.71. The predicted molar refractivity (Wildman–Crippen MR) is 127 cm³/mol. The normalized spacial score (nSPS) is 13.1. The van der Waals surface area contributed by atoms with Gasteiger partial charge < -0.3 is 19.9 Å². The molecule has 2 aromatic rings. The van der Waals surface area contributed by atoms with Crippen LogP contribution in [-0.4, -0.2) is 43.4 Å². The van der Waals surface area contributed by atoms with Crippen LogP contribution < -0.4 is 10.2 Å². The van der Waals surface area contributed by atoms with E-state index in [0.717, 1.165) is 36.9 Å². The van der Waals surface area contributed by atoms with Gasteiger partial charge in [-0.05, 0) is 67.2 Å². The second-order valence-electron chi connectivity index (χ2n) is 7.71. The molecule has 0 saturated carbocycles. The number of aryl methyl sites for hydroxylation is 2. The Morgan fingerprint density at radius 1 is 1.24 bits per heavy atom. The van der Waals surface area contributed by atoms with Crippen LogP contribution in [-0.2, 0) is 17.7 Å². The molecule has 4 nitrogen and oxygen atoms in total. The summed E-state index contributed by atoms with van der Waals surface area (Å²) < 4.78 is 5.33. The molecule has 0 bridgehead atoms. The van der Waals surface area contributed by atoms with Crippen LogP contribution in [0.3, 0.4) is 0 Å². The topological polar surface area (TPSA) is 27.7 Å². The molecule has 156 valence electrons. The summed E-state index contributed by atoms with van der Waals surface area (Å²) in [6.45, 7) is 8.83. The van der Waals surface area contributed by atoms with Gasteiger partial charge >= 0.3 is 0 Å². The molecular formula is C24H33N3OS. The molecule has 0 aliphatic carbocycles. The molecular weight excluding hydrogens is 378 g/mol. The van der Waals surface area contributed by atoms with Crippen LogP contribution in [0.4, 0.5) is 11.4 Å². The molecule has 0 unspecified atom stereocenters. The van der Waals surface area contributed by atoms with Crippen molar-refractivity contribution in [2.24, 2.45) is 0 Å². The van der Waals surface area contributed by atoms with E-state index < -0.39 is 0 Å². The summed E-state index contributed by atoms with van der Waals surface area (Å²) in [5, 5.41) is 4.16. The molecule has 1 heterocycles. The van der Waals surface area contributed by atoms with Gasteiger partial charge in [-0.2, -0.15) is 0 Å². The van der Waals surface area contributed by atoms with E-state index in [2.05, 4.69) is 59.3 Å². The van der Waals surface area contributed by atoms with E-state index in [1.807, 2.05) is 12.1 Å². The molecule has 0 radical (unpaired) electrons. The monoisotopic (exact) mass is 411 g/mol. The molecule has 5 heteroatoms. The Labute approximate surface area is 180 Å². The second kappa shape index (κ2) is 10.6. The van der Waals surface area contributed by atoms with Gasteiger partial charge in [0.25, 0.3) is 0 Å². The minimum absolute atomic E-state index is 0.644. The van der Waals surface area contributed by atoms with E-state index in [9.17, 15) is 0 Å². The highest BCUT2D eigenvalue weighted by Crippen LogP contribution is 2.28. The van der Waals surface area contributed by atoms with Crippen molar-refractivity contribution in [3.05, 3.63) is 59.2 Å². The van der Waals surface area contributed by atoms with Crippen LogP contribution in [0.1, 0.15) is 36.5 Å². The number of ether oxygens (including phenoxy) is 1. The number of para-hydroxylation sites is 1. The molecule has 2 aromatic carbocycles. The van der Waals surface area contributed by atoms with E-state index >= 15 is 0 Å². The summed E-state index contributed by atoms with van der Waals surface area (Å²) in [5.41, 5.74) is 6.41. The fourth-order valence-corrected chi connectivity index (χ4v) is 4.18. The van der Waals surface area contributed by atoms with Gasteiger partial charge in [-0.1, -0.05) is 37.3 Å². The molecule has 1 aliphatic heterocycles. The second-order valence-corrected chi connectivity index (χ2v) is 8.10. The lowest BCUT2D eigenvalue weighted by molar-refractivity contribution is 0.175. The standard InChI is InChI=1S/C24H33N3OS/c1-4-13-26-14-7-9-21-17-20(11-12-23(21)26)18-27(15-16-28-3)24(29)25-22-10-6-5-8-19(22)2/h5-6,8,10-12,17H,4,7,9,13-16,18H2,1-3H3,(H,25,29). The van der Waals surface area contributed by atoms with Crippen molar-refractivity contribution in [1.29, 1.82) is 0 Å². The molecule has 0 atom stereocenters. The third-order valence-electron chi connectivity index (χ3n) is 5.46. The smallest absolute Gasteiger partial charge is 0.173 e. The van der Waals surface area contributed by atoms with E-state index in [4.69, 9.17) is 17.0 Å². The lowest BCUT2D eigenvalue weighted by Crippen LogP contribution is -2.37. The molecule has 1 N–H and O–H groups in total. The first-order valence-electron chi connectivity index (χ1n) is 10.6. The first-order valence-corrected chi connectivity index (χ1v) is 11.0. The van der Waals surface area contributed by atoms with E-state index in [-0.39, 0.29) is 0 Å². The van der Waals surface area contributed by atoms with E-state index in [1.54, 1.807) is 7.11 Å². The zero-order valence-corrected chi connectivity index (χ0v) is 18.7. The van der Waals surface area contributed by atoms with Crippen molar-refractivity contribution in [2.75, 3.05) is 43.6 Å². The summed E-state index contributed by atoms with van der Waals surface area (Å²) in [7, 11) is 1.73. The highest BCUT2D eigenvalue weighted by atomic mass is 32.1. The molecule has 3 rings (SSSR count). The van der Waals surface area contributed by atoms with Crippen LogP contribution in [0.2, 0.25) is 0 Å². The molecule has 0 fully saturated rings. The molecule has 1 aliphatic rings. The summed E-state index contributed by atoms with van der Waals surface area (Å²) in [6, 6.07) is 15.2. The fraction of sp³-hybridized carbons (Fsp3) is 0.458. The number of thiocarbonyl (C=S) groups is 1. The van der Waals surface area contributed by atoms with Crippen molar-refractivity contribution < 1.29 is 4.74 Å². The van der Waals surface area contributed by atoms with Crippen molar-refractivity contribution in [3.8, 4) is 0 Å². The number of rotatable bonds is 8. The quantitative estimate of drug-likeness (QED) is 0.617. The lowest BCUT2D eigenvalue weighted by Gasteiger charge is -2.32. The maximum absolute atomic E-state index is 5.75. The Hall–Kier alpha value is -2.11. The van der Waals surface area contributed by atoms with Gasteiger partial charge in [0.2, 0.25) is 0 Å². The maximum atomic E-state index is 5.75. The van der Waals surface area contributed by atoms with Gasteiger partial charge in [-0.25, -0.2) is 0 Å². The predicted octanol–water partition coefficient (Wildman–Crippen LogP) is 5.00. The number of anilines is 2. The van der Waals surface area contributed by atoms with Crippen LogP contribution in [0, 0.1) is 6.92 Å². The molecule has 0 aromatic heterocycles. The van der Waals surface area contributed by atoms with Crippen molar-refractivity contribution in [3.63, 3.8) is 0 Å². The van der Waals surface area contributed by atoms with Gasteiger partial charge in [0.1, 0.15) is 0 Å². The number of methoxy groups -OCH3 is 1. The zero-order chi connectivity index (χ0) is 20.6. The Kier molecular flexibility index (Phi) is 7.90. The Morgan fingerprint density at radius 2 is 2.07 bits per heavy atom. The Morgan fingerprint density at radius 3 is 2.83 bits per heavy atom. The highest BCUT2D eigenvalue weighted by molar-refractivity contribution is 7.80. The number of nitrogens with zero attached hydrogens (tertiary/aromatic N) is 2. The fourth-order valence-electron chi connectivity index (χ4n) is 3.91. The molecule has 0 spiro atoms.